The largest absolute Gasteiger partial charge is 0.311 e. The van der Waals surface area contributed by atoms with E-state index in [-0.39, 0.29) is 18.1 Å². The van der Waals surface area contributed by atoms with Crippen LogP contribution in [0.25, 0.3) is 11.4 Å². The molecular weight excluding hydrogens is 425 g/mol. The van der Waals surface area contributed by atoms with Crippen molar-refractivity contribution in [2.75, 3.05) is 17.2 Å². The van der Waals surface area contributed by atoms with Crippen LogP contribution in [-0.2, 0) is 11.3 Å². The van der Waals surface area contributed by atoms with Gasteiger partial charge in [-0.1, -0.05) is 36.0 Å². The highest BCUT2D eigenvalue weighted by molar-refractivity contribution is 7.99. The molecule has 0 saturated heterocycles. The molecule has 0 saturated carbocycles. The molecule has 1 heterocycles. The number of amides is 1. The number of hydrogen-bond donors (Lipinski definition) is 0. The zero-order valence-corrected chi connectivity index (χ0v) is 18.9. The summed E-state index contributed by atoms with van der Waals surface area (Å²) in [6.45, 7) is 8.44. The quantitative estimate of drug-likeness (QED) is 0.342. The van der Waals surface area contributed by atoms with Crippen LogP contribution in [0.4, 0.5) is 10.1 Å². The van der Waals surface area contributed by atoms with Gasteiger partial charge in [0, 0.05) is 18.8 Å². The van der Waals surface area contributed by atoms with Crippen LogP contribution in [0.3, 0.4) is 0 Å². The van der Waals surface area contributed by atoms with Crippen LogP contribution >= 0.6 is 11.8 Å². The molecule has 0 atom stereocenters. The third-order valence-corrected chi connectivity index (χ3v) is 5.97. The van der Waals surface area contributed by atoms with Crippen molar-refractivity contribution in [2.24, 2.45) is 0 Å². The van der Waals surface area contributed by atoms with Crippen LogP contribution in [0.15, 0.2) is 60.3 Å². The van der Waals surface area contributed by atoms with E-state index in [0.29, 0.717) is 29.6 Å². The van der Waals surface area contributed by atoms with E-state index in [1.54, 1.807) is 33.7 Å². The number of thioether (sulfide) groups is 1. The third-order valence-electron chi connectivity index (χ3n) is 5.02. The molecule has 0 N–H and O–H groups in total. The van der Waals surface area contributed by atoms with E-state index >= 15 is 0 Å². The molecule has 8 heteroatoms. The van der Waals surface area contributed by atoms with Crippen LogP contribution in [0, 0.1) is 31.0 Å². The van der Waals surface area contributed by atoms with E-state index in [2.05, 4.69) is 22.8 Å². The van der Waals surface area contributed by atoms with Gasteiger partial charge >= 0.3 is 0 Å². The van der Waals surface area contributed by atoms with E-state index in [1.807, 2.05) is 32.0 Å². The number of anilines is 1. The van der Waals surface area contributed by atoms with E-state index in [4.69, 9.17) is 5.26 Å². The molecule has 32 heavy (non-hydrogen) atoms. The van der Waals surface area contributed by atoms with Crippen molar-refractivity contribution in [3.63, 3.8) is 0 Å². The first-order valence-electron chi connectivity index (χ1n) is 10.1. The molecular formula is C24H24FN5OS. The fourth-order valence-electron chi connectivity index (χ4n) is 3.19. The molecule has 3 rings (SSSR count). The Hall–Kier alpha value is -3.44. The van der Waals surface area contributed by atoms with Crippen molar-refractivity contribution in [3.8, 4) is 17.5 Å². The van der Waals surface area contributed by atoms with Crippen molar-refractivity contribution in [3.05, 3.63) is 72.1 Å². The molecule has 1 aromatic heterocycles. The molecule has 0 unspecified atom stereocenters. The van der Waals surface area contributed by atoms with Gasteiger partial charge in [-0.15, -0.1) is 16.8 Å². The van der Waals surface area contributed by atoms with Crippen molar-refractivity contribution >= 4 is 23.4 Å². The first-order chi connectivity index (χ1) is 15.5. The van der Waals surface area contributed by atoms with Crippen molar-refractivity contribution in [1.29, 1.82) is 5.26 Å². The van der Waals surface area contributed by atoms with Crippen molar-refractivity contribution in [2.45, 2.75) is 32.0 Å². The highest BCUT2D eigenvalue weighted by atomic mass is 32.2. The Kier molecular flexibility index (Phi) is 7.79. The Bertz CT molecular complexity index is 1170. The van der Waals surface area contributed by atoms with Crippen LogP contribution in [0.2, 0.25) is 0 Å². The van der Waals surface area contributed by atoms with Crippen LogP contribution in [0.1, 0.15) is 17.5 Å². The first kappa shape index (κ1) is 23.2. The zero-order valence-electron chi connectivity index (χ0n) is 18.1. The number of nitrogens with zero attached hydrogens (tertiary/aromatic N) is 5. The number of aryl methyl sites for hydroxylation is 2. The number of allylic oxidation sites excluding steroid dienone is 1. The summed E-state index contributed by atoms with van der Waals surface area (Å²) in [4.78, 5) is 14.7. The number of benzene rings is 2. The minimum Gasteiger partial charge on any atom is -0.311 e. The van der Waals surface area contributed by atoms with Crippen LogP contribution in [-0.4, -0.2) is 33.0 Å². The Labute approximate surface area is 191 Å². The monoisotopic (exact) mass is 449 g/mol. The number of halogens is 1. The molecule has 3 aromatic rings. The third kappa shape index (κ3) is 5.24. The van der Waals surface area contributed by atoms with Gasteiger partial charge < -0.3 is 4.90 Å². The molecule has 0 spiro atoms. The predicted octanol–water partition coefficient (Wildman–Crippen LogP) is 4.93. The molecule has 0 aliphatic heterocycles. The second-order valence-electron chi connectivity index (χ2n) is 7.20. The van der Waals surface area contributed by atoms with Gasteiger partial charge in [0.25, 0.3) is 0 Å². The lowest BCUT2D eigenvalue weighted by atomic mass is 10.1. The maximum absolute atomic E-state index is 14.3. The Balaban J connectivity index is 1.83. The highest BCUT2D eigenvalue weighted by Crippen LogP contribution is 2.27. The lowest BCUT2D eigenvalue weighted by Gasteiger charge is -2.22. The number of carbonyl (C=O) groups is 1. The van der Waals surface area contributed by atoms with Gasteiger partial charge in [-0.25, -0.2) is 4.39 Å². The second kappa shape index (κ2) is 10.7. The maximum Gasteiger partial charge on any atom is 0.237 e. The van der Waals surface area contributed by atoms with Gasteiger partial charge in [-0.2, -0.15) is 5.26 Å². The molecule has 0 radical (unpaired) electrons. The topological polar surface area (TPSA) is 74.8 Å². The minimum atomic E-state index is -0.393. The number of hydrogen-bond acceptors (Lipinski definition) is 5. The molecule has 0 aliphatic carbocycles. The summed E-state index contributed by atoms with van der Waals surface area (Å²) >= 11 is 1.23. The van der Waals surface area contributed by atoms with Crippen LogP contribution in [0.5, 0.6) is 0 Å². The minimum absolute atomic E-state index is 0.102. The summed E-state index contributed by atoms with van der Waals surface area (Å²) in [7, 11) is 0. The predicted molar refractivity (Wildman–Crippen MR) is 125 cm³/mol. The smallest absolute Gasteiger partial charge is 0.237 e. The molecule has 0 aliphatic rings. The summed E-state index contributed by atoms with van der Waals surface area (Å²) < 4.78 is 16.0. The van der Waals surface area contributed by atoms with E-state index in [9.17, 15) is 9.18 Å². The van der Waals surface area contributed by atoms with Gasteiger partial charge in [-0.05, 0) is 49.2 Å². The molecule has 0 bridgehead atoms. The lowest BCUT2D eigenvalue weighted by Crippen LogP contribution is -2.33. The maximum atomic E-state index is 14.3. The highest BCUT2D eigenvalue weighted by Gasteiger charge is 2.20. The van der Waals surface area contributed by atoms with Crippen LogP contribution < -0.4 is 4.90 Å². The number of nitriles is 1. The van der Waals surface area contributed by atoms with Gasteiger partial charge in [0.2, 0.25) is 5.91 Å². The van der Waals surface area contributed by atoms with Crippen molar-refractivity contribution in [1.82, 2.24) is 14.8 Å². The molecule has 1 amide bonds. The molecule has 6 nitrogen and oxygen atoms in total. The average Bonchev–Trinajstić information content (AvgIpc) is 3.18. The van der Waals surface area contributed by atoms with E-state index < -0.39 is 5.82 Å². The molecule has 164 valence electrons. The summed E-state index contributed by atoms with van der Waals surface area (Å²) in [6, 6.07) is 14.3. The van der Waals surface area contributed by atoms with E-state index in [0.717, 1.165) is 16.8 Å². The van der Waals surface area contributed by atoms with Gasteiger partial charge in [-0.3, -0.25) is 9.36 Å². The SMILES string of the molecule is C=CCn1c(SCC(=O)N(CCC#N)c2ccc(C)c(C)c2)nnc1-c1ccccc1F. The number of carbonyl (C=O) groups excluding carboxylic acids is 1. The second-order valence-corrected chi connectivity index (χ2v) is 8.14. The normalized spacial score (nSPS) is 10.6. The molecule has 2 aromatic carbocycles. The van der Waals surface area contributed by atoms with Gasteiger partial charge in [0.15, 0.2) is 11.0 Å². The summed E-state index contributed by atoms with van der Waals surface area (Å²) in [5.41, 5.74) is 3.30. The Morgan fingerprint density at radius 1 is 1.25 bits per heavy atom. The van der Waals surface area contributed by atoms with Gasteiger partial charge in [0.05, 0.1) is 23.8 Å². The molecule has 0 fully saturated rings. The Morgan fingerprint density at radius 3 is 2.72 bits per heavy atom. The van der Waals surface area contributed by atoms with Crippen molar-refractivity contribution < 1.29 is 9.18 Å². The fourth-order valence-corrected chi connectivity index (χ4v) is 4.01. The first-order valence-corrected chi connectivity index (χ1v) is 11.1. The standard InChI is InChI=1S/C24H24FN5OS/c1-4-13-30-23(20-8-5-6-9-21(20)25)27-28-24(30)32-16-22(31)29(14-7-12-26)19-11-10-17(2)18(3)15-19/h4-6,8-11,15H,1,7,13-14,16H2,2-3H3. The summed E-state index contributed by atoms with van der Waals surface area (Å²) in [6.07, 6.45) is 1.90. The zero-order chi connectivity index (χ0) is 23.1. The Morgan fingerprint density at radius 2 is 2.03 bits per heavy atom. The average molecular weight is 450 g/mol. The van der Waals surface area contributed by atoms with Gasteiger partial charge in [0.1, 0.15) is 5.82 Å². The number of rotatable bonds is 9. The lowest BCUT2D eigenvalue weighted by molar-refractivity contribution is -0.116. The fraction of sp³-hybridized carbons (Fsp3) is 0.250. The van der Waals surface area contributed by atoms with E-state index in [1.165, 1.54) is 17.8 Å². The number of aromatic nitrogens is 3. The summed E-state index contributed by atoms with van der Waals surface area (Å²) in [5, 5.41) is 17.9. The summed E-state index contributed by atoms with van der Waals surface area (Å²) in [5.74, 6) is -0.0527.